The van der Waals surface area contributed by atoms with Crippen LogP contribution in [-0.4, -0.2) is 60.7 Å². The Labute approximate surface area is 216 Å². The van der Waals surface area contributed by atoms with Crippen LogP contribution in [0.4, 0.5) is 27.6 Å². The lowest BCUT2D eigenvalue weighted by atomic mass is 9.83. The molecule has 0 radical (unpaired) electrons. The smallest absolute Gasteiger partial charge is 0.408 e. The summed E-state index contributed by atoms with van der Waals surface area (Å²) in [6.07, 6.45) is 0.262. The number of H-pyrrole nitrogens is 1. The minimum absolute atomic E-state index is 0.101. The SMILES string of the molecule is CCC(F)(F)CN1[C@H](c2c(F)cc(N3CC(NCCCF)C3)cc2F)c2ccc3[nH]c(=O)oc3c2C[C@H]1C. The molecular weight excluding hydrogens is 507 g/mol. The molecule has 11 heteroatoms. The summed E-state index contributed by atoms with van der Waals surface area (Å²) >= 11 is 0. The van der Waals surface area contributed by atoms with Gasteiger partial charge >= 0.3 is 5.76 Å². The normalized spacial score (nSPS) is 20.7. The van der Waals surface area contributed by atoms with Gasteiger partial charge < -0.3 is 14.6 Å². The Morgan fingerprint density at radius 1 is 1.18 bits per heavy atom. The van der Waals surface area contributed by atoms with E-state index in [1.165, 1.54) is 24.0 Å². The van der Waals surface area contributed by atoms with Gasteiger partial charge in [-0.3, -0.25) is 14.3 Å². The first-order valence-electron chi connectivity index (χ1n) is 12.9. The summed E-state index contributed by atoms with van der Waals surface area (Å²) in [5, 5.41) is 3.20. The molecule has 2 N–H and O–H groups in total. The zero-order valence-electron chi connectivity index (χ0n) is 21.3. The van der Waals surface area contributed by atoms with Crippen molar-refractivity contribution in [2.45, 2.75) is 57.2 Å². The number of aromatic amines is 1. The van der Waals surface area contributed by atoms with Crippen LogP contribution in [0.25, 0.3) is 11.1 Å². The average molecular weight is 539 g/mol. The van der Waals surface area contributed by atoms with Gasteiger partial charge in [-0.1, -0.05) is 13.0 Å². The maximum absolute atomic E-state index is 15.8. The molecule has 2 aromatic carbocycles. The number of hydrogen-bond donors (Lipinski definition) is 2. The van der Waals surface area contributed by atoms with Gasteiger partial charge in [0.05, 0.1) is 24.8 Å². The Kier molecular flexibility index (Phi) is 7.25. The van der Waals surface area contributed by atoms with Gasteiger partial charge in [-0.2, -0.15) is 0 Å². The maximum atomic E-state index is 15.8. The highest BCUT2D eigenvalue weighted by Gasteiger charge is 2.43. The van der Waals surface area contributed by atoms with E-state index in [2.05, 4.69) is 10.3 Å². The number of benzene rings is 2. The van der Waals surface area contributed by atoms with Gasteiger partial charge in [-0.25, -0.2) is 22.4 Å². The van der Waals surface area contributed by atoms with Crippen molar-refractivity contribution < 1.29 is 26.4 Å². The zero-order chi connectivity index (χ0) is 27.2. The number of fused-ring (bicyclic) bond motifs is 3. The summed E-state index contributed by atoms with van der Waals surface area (Å²) in [5.41, 5.74) is 1.75. The van der Waals surface area contributed by atoms with Gasteiger partial charge in [0.2, 0.25) is 0 Å². The minimum atomic E-state index is -3.07. The molecule has 0 unspecified atom stereocenters. The summed E-state index contributed by atoms with van der Waals surface area (Å²) in [5.74, 6) is -5.39. The van der Waals surface area contributed by atoms with Gasteiger partial charge in [0.15, 0.2) is 5.58 Å². The summed E-state index contributed by atoms with van der Waals surface area (Å²) in [6.45, 7) is 3.59. The molecule has 0 aliphatic carbocycles. The molecule has 6 nitrogen and oxygen atoms in total. The third-order valence-electron chi connectivity index (χ3n) is 7.68. The molecular formula is C27H31F5N4O2. The maximum Gasteiger partial charge on any atom is 0.417 e. The minimum Gasteiger partial charge on any atom is -0.408 e. The number of hydrogen-bond acceptors (Lipinski definition) is 5. The standard InChI is InChI=1S/C27H31F5N4O2/c1-3-27(31,32)14-36-15(2)9-19-18(5-6-22-25(19)38-26(37)34-22)24(36)23-20(29)10-17(11-21(23)30)35-12-16(13-35)33-8-4-7-28/h5-6,10-11,15-16,24,33H,3-4,7-9,12-14H2,1-2H3,(H,34,37)/t15-,24+/m1/s1. The molecule has 2 aliphatic heterocycles. The molecule has 3 aromatic rings. The van der Waals surface area contributed by atoms with Crippen LogP contribution in [0.5, 0.6) is 0 Å². The second kappa shape index (κ2) is 10.3. The van der Waals surface area contributed by atoms with Crippen LogP contribution in [0.1, 0.15) is 49.4 Å². The van der Waals surface area contributed by atoms with E-state index in [1.807, 2.05) is 4.90 Å². The predicted octanol–water partition coefficient (Wildman–Crippen LogP) is 4.92. The molecule has 2 atom stereocenters. The average Bonchev–Trinajstić information content (AvgIpc) is 3.22. The van der Waals surface area contributed by atoms with E-state index in [0.717, 1.165) is 0 Å². The fraction of sp³-hybridized carbons (Fsp3) is 0.519. The molecule has 38 heavy (non-hydrogen) atoms. The number of halogens is 5. The fourth-order valence-electron chi connectivity index (χ4n) is 5.55. The van der Waals surface area contributed by atoms with E-state index >= 15 is 8.78 Å². The third-order valence-corrected chi connectivity index (χ3v) is 7.68. The quantitative estimate of drug-likeness (QED) is 0.299. The highest BCUT2D eigenvalue weighted by molar-refractivity contribution is 5.78. The van der Waals surface area contributed by atoms with Crippen LogP contribution < -0.4 is 16.0 Å². The molecule has 1 saturated heterocycles. The van der Waals surface area contributed by atoms with Crippen LogP contribution in [0, 0.1) is 11.6 Å². The number of aromatic nitrogens is 1. The van der Waals surface area contributed by atoms with Gasteiger partial charge in [-0.05, 0) is 50.1 Å². The molecule has 206 valence electrons. The Morgan fingerprint density at radius 3 is 2.55 bits per heavy atom. The second-order valence-electron chi connectivity index (χ2n) is 10.3. The lowest BCUT2D eigenvalue weighted by Gasteiger charge is -2.44. The number of oxazole rings is 1. The van der Waals surface area contributed by atoms with Crippen molar-refractivity contribution in [1.29, 1.82) is 0 Å². The van der Waals surface area contributed by atoms with Crippen molar-refractivity contribution in [2.24, 2.45) is 0 Å². The third kappa shape index (κ3) is 4.93. The van der Waals surface area contributed by atoms with Crippen molar-refractivity contribution in [3.05, 3.63) is 63.1 Å². The molecule has 5 rings (SSSR count). The van der Waals surface area contributed by atoms with Crippen LogP contribution in [0.3, 0.4) is 0 Å². The first-order chi connectivity index (χ1) is 18.1. The number of nitrogens with zero attached hydrogens (tertiary/aromatic N) is 2. The number of alkyl halides is 3. The molecule has 0 saturated carbocycles. The second-order valence-corrected chi connectivity index (χ2v) is 10.3. The van der Waals surface area contributed by atoms with Crippen LogP contribution in [0.15, 0.2) is 33.5 Å². The summed E-state index contributed by atoms with van der Waals surface area (Å²) in [7, 11) is 0. The van der Waals surface area contributed by atoms with Gasteiger partial charge in [0.1, 0.15) is 11.6 Å². The topological polar surface area (TPSA) is 64.5 Å². The largest absolute Gasteiger partial charge is 0.417 e. The molecule has 0 spiro atoms. The molecule has 3 heterocycles. The van der Waals surface area contributed by atoms with Crippen LogP contribution >= 0.6 is 0 Å². The monoisotopic (exact) mass is 538 g/mol. The molecule has 0 amide bonds. The highest BCUT2D eigenvalue weighted by atomic mass is 19.3. The van der Waals surface area contributed by atoms with Crippen LogP contribution in [-0.2, 0) is 6.42 Å². The summed E-state index contributed by atoms with van der Waals surface area (Å²) < 4.78 is 78.6. The van der Waals surface area contributed by atoms with Gasteiger partial charge in [-0.15, -0.1) is 0 Å². The first-order valence-corrected chi connectivity index (χ1v) is 12.9. The van der Waals surface area contributed by atoms with Crippen molar-refractivity contribution in [2.75, 3.05) is 37.8 Å². The molecule has 1 fully saturated rings. The van der Waals surface area contributed by atoms with E-state index in [-0.39, 0.29) is 23.6 Å². The Morgan fingerprint density at radius 2 is 1.89 bits per heavy atom. The Balaban J connectivity index is 1.53. The summed E-state index contributed by atoms with van der Waals surface area (Å²) in [6, 6.07) is 4.10. The molecule has 1 aromatic heterocycles. The van der Waals surface area contributed by atoms with E-state index in [9.17, 15) is 18.0 Å². The van der Waals surface area contributed by atoms with Crippen molar-refractivity contribution in [3.8, 4) is 0 Å². The van der Waals surface area contributed by atoms with Gasteiger partial charge in [0, 0.05) is 48.4 Å². The Hall–Kier alpha value is -2.92. The molecule has 0 bridgehead atoms. The summed E-state index contributed by atoms with van der Waals surface area (Å²) in [4.78, 5) is 17.7. The predicted molar refractivity (Wildman–Crippen MR) is 135 cm³/mol. The number of rotatable bonds is 9. The number of nitrogens with one attached hydrogen (secondary N) is 2. The fourth-order valence-corrected chi connectivity index (χ4v) is 5.55. The van der Waals surface area contributed by atoms with Gasteiger partial charge in [0.25, 0.3) is 5.92 Å². The van der Waals surface area contributed by atoms with E-state index < -0.39 is 55.0 Å². The highest BCUT2D eigenvalue weighted by Crippen LogP contribution is 2.44. The van der Waals surface area contributed by atoms with Crippen LogP contribution in [0.2, 0.25) is 0 Å². The van der Waals surface area contributed by atoms with E-state index in [1.54, 1.807) is 19.1 Å². The van der Waals surface area contributed by atoms with Crippen molar-refractivity contribution in [1.82, 2.24) is 15.2 Å². The lowest BCUT2D eigenvalue weighted by Crippen LogP contribution is -2.58. The van der Waals surface area contributed by atoms with E-state index in [4.69, 9.17) is 4.42 Å². The molecule has 2 aliphatic rings. The number of anilines is 1. The Bertz CT molecular complexity index is 1340. The lowest BCUT2D eigenvalue weighted by molar-refractivity contribution is -0.0547. The van der Waals surface area contributed by atoms with Crippen molar-refractivity contribution >= 4 is 16.8 Å². The van der Waals surface area contributed by atoms with Crippen molar-refractivity contribution in [3.63, 3.8) is 0 Å². The van der Waals surface area contributed by atoms with E-state index in [0.29, 0.717) is 48.4 Å². The first kappa shape index (κ1) is 26.7. The zero-order valence-corrected chi connectivity index (χ0v) is 21.3.